The number of carboxylic acids is 1. The highest BCUT2D eigenvalue weighted by atomic mass is 32.2. The molecule has 3 rings (SSSR count). The fourth-order valence-corrected chi connectivity index (χ4v) is 3.45. The quantitative estimate of drug-likeness (QED) is 0.738. The van der Waals surface area contributed by atoms with E-state index in [2.05, 4.69) is 19.1 Å². The molecule has 0 spiro atoms. The highest BCUT2D eigenvalue weighted by molar-refractivity contribution is 7.99. The van der Waals surface area contributed by atoms with Crippen LogP contribution in [-0.2, 0) is 0 Å². The zero-order valence-corrected chi connectivity index (χ0v) is 12.4. The number of benzene rings is 3. The van der Waals surface area contributed by atoms with E-state index in [1.807, 2.05) is 36.4 Å². The minimum absolute atomic E-state index is 0.351. The molecule has 0 aliphatic heterocycles. The van der Waals surface area contributed by atoms with E-state index in [1.54, 1.807) is 23.9 Å². The molecule has 0 fully saturated rings. The molecule has 0 unspecified atom stereocenters. The monoisotopic (exact) mass is 294 g/mol. The zero-order chi connectivity index (χ0) is 14.8. The van der Waals surface area contributed by atoms with Gasteiger partial charge in [0.15, 0.2) is 0 Å². The van der Waals surface area contributed by atoms with Crippen molar-refractivity contribution in [1.29, 1.82) is 0 Å². The first-order chi connectivity index (χ1) is 10.2. The molecule has 0 aliphatic rings. The Morgan fingerprint density at radius 3 is 2.29 bits per heavy atom. The summed E-state index contributed by atoms with van der Waals surface area (Å²) in [6, 6.07) is 19.4. The lowest BCUT2D eigenvalue weighted by Crippen LogP contribution is -1.98. The number of aromatic carboxylic acids is 1. The molecule has 0 radical (unpaired) electrons. The lowest BCUT2D eigenvalue weighted by molar-refractivity contribution is 0.0699. The number of fused-ring (bicyclic) bond motifs is 1. The highest BCUT2D eigenvalue weighted by Crippen LogP contribution is 2.36. The third kappa shape index (κ3) is 2.65. The van der Waals surface area contributed by atoms with Crippen molar-refractivity contribution >= 4 is 28.5 Å². The molecule has 0 bridgehead atoms. The van der Waals surface area contributed by atoms with Crippen molar-refractivity contribution in [3.8, 4) is 0 Å². The van der Waals surface area contributed by atoms with Crippen LogP contribution in [0.3, 0.4) is 0 Å². The first-order valence-corrected chi connectivity index (χ1v) is 7.47. The smallest absolute Gasteiger partial charge is 0.336 e. The van der Waals surface area contributed by atoms with Gasteiger partial charge in [-0.3, -0.25) is 0 Å². The van der Waals surface area contributed by atoms with E-state index in [0.29, 0.717) is 5.56 Å². The maximum absolute atomic E-state index is 11.5. The Kier molecular flexibility index (Phi) is 3.67. The molecule has 0 aromatic heterocycles. The van der Waals surface area contributed by atoms with E-state index in [4.69, 9.17) is 0 Å². The number of carbonyl (C=O) groups is 1. The topological polar surface area (TPSA) is 37.3 Å². The van der Waals surface area contributed by atoms with E-state index in [0.717, 1.165) is 20.6 Å². The first-order valence-electron chi connectivity index (χ1n) is 6.65. The molecule has 0 aliphatic carbocycles. The summed E-state index contributed by atoms with van der Waals surface area (Å²) in [4.78, 5) is 13.6. The van der Waals surface area contributed by atoms with Crippen molar-refractivity contribution in [3.05, 3.63) is 71.8 Å². The summed E-state index contributed by atoms with van der Waals surface area (Å²) in [6.07, 6.45) is 0. The molecule has 104 valence electrons. The molecule has 0 atom stereocenters. The maximum atomic E-state index is 11.5. The number of hydrogen-bond acceptors (Lipinski definition) is 2. The minimum atomic E-state index is -0.890. The predicted molar refractivity (Wildman–Crippen MR) is 86.2 cm³/mol. The molecule has 3 aromatic rings. The van der Waals surface area contributed by atoms with E-state index in [-0.39, 0.29) is 0 Å². The third-order valence-corrected chi connectivity index (χ3v) is 4.65. The van der Waals surface area contributed by atoms with Crippen LogP contribution in [0.2, 0.25) is 0 Å². The molecule has 1 N–H and O–H groups in total. The molecule has 0 amide bonds. The summed E-state index contributed by atoms with van der Waals surface area (Å²) in [5, 5.41) is 11.2. The summed E-state index contributed by atoms with van der Waals surface area (Å²) in [6.45, 7) is 2.06. The van der Waals surface area contributed by atoms with Crippen molar-refractivity contribution in [2.75, 3.05) is 0 Å². The van der Waals surface area contributed by atoms with Gasteiger partial charge >= 0.3 is 5.97 Å². The summed E-state index contributed by atoms with van der Waals surface area (Å²) in [7, 11) is 0. The van der Waals surface area contributed by atoms with Gasteiger partial charge in [-0.2, -0.15) is 0 Å². The number of aryl methyl sites for hydroxylation is 1. The Labute approximate surface area is 127 Å². The third-order valence-electron chi connectivity index (χ3n) is 3.41. The van der Waals surface area contributed by atoms with Crippen LogP contribution in [-0.4, -0.2) is 11.1 Å². The molecule has 3 heteroatoms. The van der Waals surface area contributed by atoms with Gasteiger partial charge in [0.05, 0.1) is 5.56 Å². The van der Waals surface area contributed by atoms with Crippen molar-refractivity contribution < 1.29 is 9.90 Å². The van der Waals surface area contributed by atoms with E-state index < -0.39 is 5.97 Å². The first kappa shape index (κ1) is 13.7. The fourth-order valence-electron chi connectivity index (χ4n) is 2.36. The second-order valence-corrected chi connectivity index (χ2v) is 5.92. The summed E-state index contributed by atoms with van der Waals surface area (Å²) in [5.74, 6) is -0.890. The molecule has 0 saturated heterocycles. The van der Waals surface area contributed by atoms with Crippen LogP contribution < -0.4 is 0 Å². The molecule has 21 heavy (non-hydrogen) atoms. The molecule has 0 saturated carbocycles. The van der Waals surface area contributed by atoms with Crippen LogP contribution in [0, 0.1) is 6.92 Å². The van der Waals surface area contributed by atoms with Gasteiger partial charge in [0.1, 0.15) is 0 Å². The molecular formula is C18H14O2S. The van der Waals surface area contributed by atoms with Gasteiger partial charge in [-0.05, 0) is 36.1 Å². The van der Waals surface area contributed by atoms with Crippen LogP contribution >= 0.6 is 11.8 Å². The lowest BCUT2D eigenvalue weighted by atomic mass is 10.0. The van der Waals surface area contributed by atoms with E-state index in [1.165, 1.54) is 5.56 Å². The van der Waals surface area contributed by atoms with Gasteiger partial charge in [0.25, 0.3) is 0 Å². The van der Waals surface area contributed by atoms with Gasteiger partial charge in [-0.15, -0.1) is 0 Å². The standard InChI is InChI=1S/C18H14O2S/c1-12-6-2-3-10-15(12)21-16-11-5-8-13-7-4-9-14(17(13)16)18(19)20/h2-11H,1H3,(H,19,20). The second-order valence-electron chi connectivity index (χ2n) is 4.83. The Hall–Kier alpha value is -2.26. The Bertz CT molecular complexity index is 819. The van der Waals surface area contributed by atoms with Crippen molar-refractivity contribution in [1.82, 2.24) is 0 Å². The molecule has 0 heterocycles. The van der Waals surface area contributed by atoms with Gasteiger partial charge in [0.2, 0.25) is 0 Å². The average molecular weight is 294 g/mol. The van der Waals surface area contributed by atoms with Crippen LogP contribution in [0.5, 0.6) is 0 Å². The summed E-state index contributed by atoms with van der Waals surface area (Å²) >= 11 is 1.61. The van der Waals surface area contributed by atoms with Crippen LogP contribution in [0.4, 0.5) is 0 Å². The van der Waals surface area contributed by atoms with Gasteiger partial charge in [0, 0.05) is 15.2 Å². The highest BCUT2D eigenvalue weighted by Gasteiger charge is 2.13. The fraction of sp³-hybridized carbons (Fsp3) is 0.0556. The molecule has 3 aromatic carbocycles. The van der Waals surface area contributed by atoms with E-state index >= 15 is 0 Å². The predicted octanol–water partition coefficient (Wildman–Crippen LogP) is 5.00. The molecule has 2 nitrogen and oxygen atoms in total. The van der Waals surface area contributed by atoms with Crippen molar-refractivity contribution in [2.45, 2.75) is 16.7 Å². The van der Waals surface area contributed by atoms with Crippen molar-refractivity contribution in [3.63, 3.8) is 0 Å². The Morgan fingerprint density at radius 1 is 0.905 bits per heavy atom. The average Bonchev–Trinajstić information content (AvgIpc) is 2.49. The van der Waals surface area contributed by atoms with Gasteiger partial charge in [-0.25, -0.2) is 4.79 Å². The van der Waals surface area contributed by atoms with Crippen LogP contribution in [0.25, 0.3) is 10.8 Å². The Morgan fingerprint density at radius 2 is 1.57 bits per heavy atom. The molecular weight excluding hydrogens is 280 g/mol. The zero-order valence-electron chi connectivity index (χ0n) is 11.5. The van der Waals surface area contributed by atoms with Crippen LogP contribution in [0.1, 0.15) is 15.9 Å². The number of rotatable bonds is 3. The number of carboxylic acid groups (broad SMARTS) is 1. The van der Waals surface area contributed by atoms with Gasteiger partial charge < -0.3 is 5.11 Å². The summed E-state index contributed by atoms with van der Waals surface area (Å²) in [5.41, 5.74) is 1.54. The largest absolute Gasteiger partial charge is 0.478 e. The van der Waals surface area contributed by atoms with Crippen LogP contribution in [0.15, 0.2) is 70.5 Å². The second kappa shape index (κ2) is 5.62. The number of hydrogen-bond donors (Lipinski definition) is 1. The summed E-state index contributed by atoms with van der Waals surface area (Å²) < 4.78 is 0. The lowest BCUT2D eigenvalue weighted by Gasteiger charge is -2.10. The normalized spacial score (nSPS) is 10.7. The SMILES string of the molecule is Cc1ccccc1Sc1cccc2cccc(C(=O)O)c12. The maximum Gasteiger partial charge on any atom is 0.336 e. The van der Waals surface area contributed by atoms with Gasteiger partial charge in [-0.1, -0.05) is 54.2 Å². The van der Waals surface area contributed by atoms with E-state index in [9.17, 15) is 9.90 Å². The minimum Gasteiger partial charge on any atom is -0.478 e. The van der Waals surface area contributed by atoms with Crippen molar-refractivity contribution in [2.24, 2.45) is 0 Å². The Balaban J connectivity index is 2.19.